The van der Waals surface area contributed by atoms with E-state index in [-0.39, 0.29) is 12.0 Å². The van der Waals surface area contributed by atoms with Crippen LogP contribution in [0.25, 0.3) is 10.1 Å². The highest BCUT2D eigenvalue weighted by molar-refractivity contribution is 7.20. The maximum atomic E-state index is 12.2. The predicted octanol–water partition coefficient (Wildman–Crippen LogP) is 4.80. The summed E-state index contributed by atoms with van der Waals surface area (Å²) in [5, 5.41) is 4.08. The van der Waals surface area contributed by atoms with E-state index in [4.69, 9.17) is 4.74 Å². The fraction of sp³-hybridized carbons (Fsp3) is 0.250. The summed E-state index contributed by atoms with van der Waals surface area (Å²) in [7, 11) is 0. The van der Waals surface area contributed by atoms with Crippen LogP contribution in [0.3, 0.4) is 0 Å². The molecule has 0 aliphatic heterocycles. The third-order valence-corrected chi connectivity index (χ3v) is 5.01. The number of hydrogen-bond donors (Lipinski definition) is 1. The maximum Gasteiger partial charge on any atom is 0.261 e. The molecule has 0 saturated carbocycles. The molecule has 3 aromatic rings. The van der Waals surface area contributed by atoms with E-state index in [0.29, 0.717) is 13.2 Å². The van der Waals surface area contributed by atoms with Crippen molar-refractivity contribution in [2.24, 2.45) is 0 Å². The summed E-state index contributed by atoms with van der Waals surface area (Å²) in [5.74, 6) is -0.00712. The van der Waals surface area contributed by atoms with E-state index in [0.717, 1.165) is 21.4 Å². The summed E-state index contributed by atoms with van der Waals surface area (Å²) in [6.07, 6.45) is 0.873. The molecule has 4 heteroatoms. The number of benzene rings is 2. The van der Waals surface area contributed by atoms with Crippen molar-refractivity contribution in [2.45, 2.75) is 19.4 Å². The lowest BCUT2D eigenvalue weighted by molar-refractivity contribution is 0.0635. The first kappa shape index (κ1) is 16.7. The predicted molar refractivity (Wildman–Crippen MR) is 99.6 cm³/mol. The van der Waals surface area contributed by atoms with E-state index >= 15 is 0 Å². The van der Waals surface area contributed by atoms with Gasteiger partial charge in [-0.15, -0.1) is 11.3 Å². The van der Waals surface area contributed by atoms with E-state index in [1.807, 2.05) is 55.5 Å². The highest BCUT2D eigenvalue weighted by Gasteiger charge is 2.09. The molecule has 0 spiro atoms. The minimum absolute atomic E-state index is 0.00712. The summed E-state index contributed by atoms with van der Waals surface area (Å²) >= 11 is 1.53. The first-order chi connectivity index (χ1) is 11.7. The Morgan fingerprint density at radius 2 is 1.88 bits per heavy atom. The van der Waals surface area contributed by atoms with Crippen LogP contribution in [0.15, 0.2) is 60.7 Å². The minimum atomic E-state index is -0.00712. The normalized spacial score (nSPS) is 12.2. The Bertz CT molecular complexity index is 765. The van der Waals surface area contributed by atoms with E-state index in [1.54, 1.807) is 0 Å². The molecular weight excluding hydrogens is 318 g/mol. The lowest BCUT2D eigenvalue weighted by Gasteiger charge is -2.13. The van der Waals surface area contributed by atoms with E-state index in [2.05, 4.69) is 17.4 Å². The fourth-order valence-corrected chi connectivity index (χ4v) is 3.51. The Labute approximate surface area is 146 Å². The summed E-state index contributed by atoms with van der Waals surface area (Å²) in [4.78, 5) is 13.0. The largest absolute Gasteiger partial charge is 0.374 e. The van der Waals surface area contributed by atoms with E-state index in [9.17, 15) is 4.79 Å². The van der Waals surface area contributed by atoms with Crippen LogP contribution >= 0.6 is 11.3 Å². The molecule has 1 aromatic heterocycles. The highest BCUT2D eigenvalue weighted by atomic mass is 32.1. The zero-order valence-corrected chi connectivity index (χ0v) is 14.5. The van der Waals surface area contributed by atoms with Gasteiger partial charge in [0.25, 0.3) is 5.91 Å². The van der Waals surface area contributed by atoms with Crippen molar-refractivity contribution in [2.75, 3.05) is 13.2 Å². The van der Waals surface area contributed by atoms with Crippen LogP contribution in [0.4, 0.5) is 0 Å². The molecule has 2 aromatic carbocycles. The Balaban J connectivity index is 1.41. The second-order valence-electron chi connectivity index (χ2n) is 5.68. The van der Waals surface area contributed by atoms with Gasteiger partial charge in [-0.25, -0.2) is 0 Å². The number of rotatable bonds is 7. The monoisotopic (exact) mass is 339 g/mol. The number of hydrogen-bond acceptors (Lipinski definition) is 3. The summed E-state index contributed by atoms with van der Waals surface area (Å²) in [5.41, 5.74) is 1.17. The van der Waals surface area contributed by atoms with Crippen LogP contribution in [0.1, 0.15) is 34.7 Å². The second kappa shape index (κ2) is 8.08. The third kappa shape index (κ3) is 4.22. The maximum absolute atomic E-state index is 12.2. The average Bonchev–Trinajstić information content (AvgIpc) is 3.06. The Morgan fingerprint density at radius 1 is 1.12 bits per heavy atom. The van der Waals surface area contributed by atoms with Crippen molar-refractivity contribution in [1.82, 2.24) is 5.32 Å². The van der Waals surface area contributed by atoms with Gasteiger partial charge in [-0.1, -0.05) is 48.5 Å². The van der Waals surface area contributed by atoms with Gasteiger partial charge in [-0.05, 0) is 36.4 Å². The summed E-state index contributed by atoms with van der Waals surface area (Å²) < 4.78 is 6.96. The van der Waals surface area contributed by atoms with Gasteiger partial charge in [0.1, 0.15) is 0 Å². The van der Waals surface area contributed by atoms with Gasteiger partial charge in [-0.3, -0.25) is 4.79 Å². The van der Waals surface area contributed by atoms with Crippen LogP contribution in [0, 0.1) is 0 Å². The number of carbonyl (C=O) groups is 1. The number of nitrogens with one attached hydrogen (secondary N) is 1. The van der Waals surface area contributed by atoms with Crippen molar-refractivity contribution in [3.8, 4) is 0 Å². The number of carbonyl (C=O) groups excluding carboxylic acids is 1. The van der Waals surface area contributed by atoms with Gasteiger partial charge >= 0.3 is 0 Å². The molecule has 0 aliphatic rings. The molecule has 1 unspecified atom stereocenters. The third-order valence-electron chi connectivity index (χ3n) is 3.89. The topological polar surface area (TPSA) is 38.3 Å². The van der Waals surface area contributed by atoms with Crippen LogP contribution in [0.2, 0.25) is 0 Å². The smallest absolute Gasteiger partial charge is 0.261 e. The molecule has 124 valence electrons. The van der Waals surface area contributed by atoms with Gasteiger partial charge in [0.15, 0.2) is 0 Å². The number of ether oxygens (including phenoxy) is 1. The highest BCUT2D eigenvalue weighted by Crippen LogP contribution is 2.25. The fourth-order valence-electron chi connectivity index (χ4n) is 2.54. The molecule has 1 atom stereocenters. The molecule has 3 nitrogen and oxygen atoms in total. The van der Waals surface area contributed by atoms with Crippen molar-refractivity contribution in [1.29, 1.82) is 0 Å². The van der Waals surface area contributed by atoms with Gasteiger partial charge in [0.05, 0.1) is 11.0 Å². The lowest BCUT2D eigenvalue weighted by Crippen LogP contribution is -2.24. The Morgan fingerprint density at radius 3 is 2.67 bits per heavy atom. The average molecular weight is 339 g/mol. The molecule has 1 heterocycles. The van der Waals surface area contributed by atoms with E-state index in [1.165, 1.54) is 16.9 Å². The molecule has 1 amide bonds. The first-order valence-corrected chi connectivity index (χ1v) is 8.99. The number of fused-ring (bicyclic) bond motifs is 1. The standard InChI is InChI=1S/C20H21NO2S/c1-15(16-8-3-2-4-9-16)23-13-7-12-21-20(22)19-14-17-10-5-6-11-18(17)24-19/h2-6,8-11,14-15H,7,12-13H2,1H3,(H,21,22). The minimum Gasteiger partial charge on any atom is -0.374 e. The van der Waals surface area contributed by atoms with Crippen LogP contribution in [-0.4, -0.2) is 19.1 Å². The van der Waals surface area contributed by atoms with Gasteiger partial charge in [-0.2, -0.15) is 0 Å². The Kier molecular flexibility index (Phi) is 5.62. The van der Waals surface area contributed by atoms with Crippen molar-refractivity contribution >= 4 is 27.3 Å². The van der Waals surface area contributed by atoms with Crippen LogP contribution < -0.4 is 5.32 Å². The van der Waals surface area contributed by atoms with Crippen LogP contribution in [0.5, 0.6) is 0 Å². The molecular formula is C20H21NO2S. The molecule has 0 radical (unpaired) electrons. The molecule has 0 saturated heterocycles. The number of thiophene rings is 1. The first-order valence-electron chi connectivity index (χ1n) is 8.17. The molecule has 0 bridgehead atoms. The Hall–Kier alpha value is -2.17. The zero-order chi connectivity index (χ0) is 16.8. The SMILES string of the molecule is CC(OCCCNC(=O)c1cc2ccccc2s1)c1ccccc1. The second-order valence-corrected chi connectivity index (χ2v) is 6.77. The van der Waals surface area contributed by atoms with Gasteiger partial charge < -0.3 is 10.1 Å². The summed E-state index contributed by atoms with van der Waals surface area (Å²) in [6, 6.07) is 20.1. The van der Waals surface area contributed by atoms with Crippen molar-refractivity contribution < 1.29 is 9.53 Å². The quantitative estimate of drug-likeness (QED) is 0.628. The molecule has 0 fully saturated rings. The molecule has 3 rings (SSSR count). The summed E-state index contributed by atoms with van der Waals surface area (Å²) in [6.45, 7) is 3.29. The molecule has 24 heavy (non-hydrogen) atoms. The number of amides is 1. The van der Waals surface area contributed by atoms with Gasteiger partial charge in [0.2, 0.25) is 0 Å². The molecule has 0 aliphatic carbocycles. The van der Waals surface area contributed by atoms with Crippen molar-refractivity contribution in [3.05, 3.63) is 71.1 Å². The van der Waals surface area contributed by atoms with Gasteiger partial charge in [0, 0.05) is 17.9 Å². The lowest BCUT2D eigenvalue weighted by atomic mass is 10.1. The zero-order valence-electron chi connectivity index (χ0n) is 13.7. The van der Waals surface area contributed by atoms with E-state index < -0.39 is 0 Å². The van der Waals surface area contributed by atoms with Crippen molar-refractivity contribution in [3.63, 3.8) is 0 Å². The van der Waals surface area contributed by atoms with Crippen LogP contribution in [-0.2, 0) is 4.74 Å². The molecule has 1 N–H and O–H groups in total.